The summed E-state index contributed by atoms with van der Waals surface area (Å²) in [7, 11) is 0. The van der Waals surface area contributed by atoms with Gasteiger partial charge in [0.2, 0.25) is 0 Å². The van der Waals surface area contributed by atoms with Crippen LogP contribution in [0.3, 0.4) is 0 Å². The molecule has 0 fully saturated rings. The Kier molecular flexibility index (Phi) is 5.90. The van der Waals surface area contributed by atoms with Gasteiger partial charge in [-0.25, -0.2) is 4.39 Å². The number of amides is 1. The lowest BCUT2D eigenvalue weighted by atomic mass is 10.2. The minimum Gasteiger partial charge on any atom is -0.489 e. The van der Waals surface area contributed by atoms with Crippen LogP contribution < -0.4 is 10.1 Å². The van der Waals surface area contributed by atoms with Gasteiger partial charge < -0.3 is 10.1 Å². The van der Waals surface area contributed by atoms with E-state index in [-0.39, 0.29) is 11.7 Å². The highest BCUT2D eigenvalue weighted by Crippen LogP contribution is 2.20. The van der Waals surface area contributed by atoms with Gasteiger partial charge in [0, 0.05) is 17.8 Å². The largest absolute Gasteiger partial charge is 0.489 e. The molecule has 1 amide bonds. The number of nitrogens with zero attached hydrogens (tertiary/aromatic N) is 2. The van der Waals surface area contributed by atoms with Gasteiger partial charge in [-0.3, -0.25) is 9.48 Å². The maximum Gasteiger partial charge on any atom is 0.266 e. The Balaban J connectivity index is 1.33. The van der Waals surface area contributed by atoms with Crippen LogP contribution >= 0.6 is 11.3 Å². The SMILES string of the molecule is Cc1cccc(OCc2csc(C(=O)Nc3ccn(Cc4ccc(F)cc4)n3)c2)c1. The van der Waals surface area contributed by atoms with Crippen molar-refractivity contribution in [3.05, 3.63) is 99.6 Å². The third kappa shape index (κ3) is 5.12. The summed E-state index contributed by atoms with van der Waals surface area (Å²) in [5, 5.41) is 9.08. The number of aromatic nitrogens is 2. The molecule has 0 spiro atoms. The zero-order valence-corrected chi connectivity index (χ0v) is 17.2. The van der Waals surface area contributed by atoms with Gasteiger partial charge in [0.15, 0.2) is 5.82 Å². The van der Waals surface area contributed by atoms with Gasteiger partial charge in [-0.2, -0.15) is 5.10 Å². The van der Waals surface area contributed by atoms with Crippen molar-refractivity contribution in [3.8, 4) is 5.75 Å². The first-order valence-electron chi connectivity index (χ1n) is 9.41. The number of nitrogens with one attached hydrogen (secondary N) is 1. The summed E-state index contributed by atoms with van der Waals surface area (Å²) < 4.78 is 20.5. The average Bonchev–Trinajstić information content (AvgIpc) is 3.38. The number of aryl methyl sites for hydroxylation is 1. The number of carbonyl (C=O) groups excluding carboxylic acids is 1. The molecule has 0 aliphatic rings. The van der Waals surface area contributed by atoms with Crippen molar-refractivity contribution in [2.24, 2.45) is 0 Å². The molecular formula is C23H20FN3O2S. The van der Waals surface area contributed by atoms with Crippen molar-refractivity contribution in [2.45, 2.75) is 20.1 Å². The second-order valence-electron chi connectivity index (χ2n) is 6.90. The summed E-state index contributed by atoms with van der Waals surface area (Å²) in [4.78, 5) is 13.1. The normalized spacial score (nSPS) is 10.7. The number of halogens is 1. The van der Waals surface area contributed by atoms with Crippen LogP contribution in [0.5, 0.6) is 5.75 Å². The highest BCUT2D eigenvalue weighted by atomic mass is 32.1. The molecule has 5 nitrogen and oxygen atoms in total. The van der Waals surface area contributed by atoms with Crippen molar-refractivity contribution in [1.82, 2.24) is 9.78 Å². The number of anilines is 1. The van der Waals surface area contributed by atoms with E-state index >= 15 is 0 Å². The predicted molar refractivity (Wildman–Crippen MR) is 116 cm³/mol. The minimum absolute atomic E-state index is 0.214. The van der Waals surface area contributed by atoms with Crippen LogP contribution in [-0.2, 0) is 13.2 Å². The fourth-order valence-corrected chi connectivity index (χ4v) is 3.71. The van der Waals surface area contributed by atoms with E-state index in [0.29, 0.717) is 23.8 Å². The molecule has 2 aromatic carbocycles. The number of benzene rings is 2. The number of ether oxygens (including phenoxy) is 1. The molecule has 0 radical (unpaired) electrons. The fraction of sp³-hybridized carbons (Fsp3) is 0.130. The van der Waals surface area contributed by atoms with E-state index in [1.807, 2.05) is 42.6 Å². The maximum atomic E-state index is 13.0. The Labute approximate surface area is 177 Å². The van der Waals surface area contributed by atoms with Gasteiger partial charge >= 0.3 is 0 Å². The Bertz CT molecular complexity index is 1150. The van der Waals surface area contributed by atoms with Crippen LogP contribution in [0.25, 0.3) is 0 Å². The highest BCUT2D eigenvalue weighted by molar-refractivity contribution is 7.12. The van der Waals surface area contributed by atoms with Crippen molar-refractivity contribution in [1.29, 1.82) is 0 Å². The molecule has 1 N–H and O–H groups in total. The van der Waals surface area contributed by atoms with E-state index in [0.717, 1.165) is 22.4 Å². The summed E-state index contributed by atoms with van der Waals surface area (Å²) >= 11 is 1.36. The number of hydrogen-bond acceptors (Lipinski definition) is 4. The monoisotopic (exact) mass is 421 g/mol. The number of hydrogen-bond donors (Lipinski definition) is 1. The summed E-state index contributed by atoms with van der Waals surface area (Å²) in [6, 6.07) is 17.7. The molecule has 2 aromatic heterocycles. The average molecular weight is 421 g/mol. The molecule has 0 saturated heterocycles. The van der Waals surface area contributed by atoms with Crippen molar-refractivity contribution in [3.63, 3.8) is 0 Å². The Morgan fingerprint density at radius 1 is 1.13 bits per heavy atom. The summed E-state index contributed by atoms with van der Waals surface area (Å²) in [6.45, 7) is 2.91. The zero-order chi connectivity index (χ0) is 20.9. The first-order valence-corrected chi connectivity index (χ1v) is 10.3. The molecule has 0 saturated carbocycles. The second kappa shape index (κ2) is 8.92. The fourth-order valence-electron chi connectivity index (χ4n) is 2.91. The summed E-state index contributed by atoms with van der Waals surface area (Å²) in [5.74, 6) is 0.785. The first kappa shape index (κ1) is 19.8. The van der Waals surface area contributed by atoms with Crippen molar-refractivity contribution < 1.29 is 13.9 Å². The molecule has 0 aliphatic heterocycles. The number of rotatable bonds is 7. The van der Waals surface area contributed by atoms with E-state index < -0.39 is 0 Å². The Morgan fingerprint density at radius 2 is 1.97 bits per heavy atom. The second-order valence-corrected chi connectivity index (χ2v) is 7.81. The predicted octanol–water partition coefficient (Wildman–Crippen LogP) is 5.27. The van der Waals surface area contributed by atoms with Crippen LogP contribution in [-0.4, -0.2) is 15.7 Å². The maximum absolute atomic E-state index is 13.0. The Morgan fingerprint density at radius 3 is 2.77 bits per heavy atom. The van der Waals surface area contributed by atoms with Crippen LogP contribution in [0.2, 0.25) is 0 Å². The van der Waals surface area contributed by atoms with E-state index in [2.05, 4.69) is 10.4 Å². The molecule has 0 atom stereocenters. The third-order valence-electron chi connectivity index (χ3n) is 4.41. The van der Waals surface area contributed by atoms with Gasteiger partial charge in [0.05, 0.1) is 11.4 Å². The molecule has 7 heteroatoms. The molecule has 0 aliphatic carbocycles. The standard InChI is InChI=1S/C23H20FN3O2S/c1-16-3-2-4-20(11-16)29-14-18-12-21(30-15-18)23(28)25-22-9-10-27(26-22)13-17-5-7-19(24)8-6-17/h2-12,15H,13-14H2,1H3,(H,25,26,28). The van der Waals surface area contributed by atoms with Gasteiger partial charge in [-0.1, -0.05) is 24.3 Å². The van der Waals surface area contributed by atoms with E-state index in [1.54, 1.807) is 29.1 Å². The number of thiophene rings is 1. The van der Waals surface area contributed by atoms with E-state index in [4.69, 9.17) is 4.74 Å². The van der Waals surface area contributed by atoms with Crippen LogP contribution in [0.4, 0.5) is 10.2 Å². The number of carbonyl (C=O) groups is 1. The van der Waals surface area contributed by atoms with E-state index in [9.17, 15) is 9.18 Å². The zero-order valence-electron chi connectivity index (χ0n) is 16.3. The Hall–Kier alpha value is -3.45. The molecule has 2 heterocycles. The molecule has 152 valence electrons. The van der Waals surface area contributed by atoms with Crippen molar-refractivity contribution >= 4 is 23.1 Å². The van der Waals surface area contributed by atoms with Crippen LogP contribution in [0.1, 0.15) is 26.4 Å². The molecule has 0 bridgehead atoms. The van der Waals surface area contributed by atoms with Crippen LogP contribution in [0, 0.1) is 12.7 Å². The first-order chi connectivity index (χ1) is 14.5. The highest BCUT2D eigenvalue weighted by Gasteiger charge is 2.12. The lowest BCUT2D eigenvalue weighted by Crippen LogP contribution is -2.11. The molecule has 0 unspecified atom stereocenters. The van der Waals surface area contributed by atoms with Gasteiger partial charge in [-0.15, -0.1) is 11.3 Å². The smallest absolute Gasteiger partial charge is 0.266 e. The van der Waals surface area contributed by atoms with Crippen LogP contribution in [0.15, 0.2) is 72.2 Å². The van der Waals surface area contributed by atoms with Crippen molar-refractivity contribution in [2.75, 3.05) is 5.32 Å². The topological polar surface area (TPSA) is 56.1 Å². The lowest BCUT2D eigenvalue weighted by molar-refractivity contribution is 0.103. The quantitative estimate of drug-likeness (QED) is 0.442. The summed E-state index contributed by atoms with van der Waals surface area (Å²) in [6.07, 6.45) is 1.77. The molecule has 4 rings (SSSR count). The molecular weight excluding hydrogens is 401 g/mol. The lowest BCUT2D eigenvalue weighted by Gasteiger charge is -2.05. The van der Waals surface area contributed by atoms with Gasteiger partial charge in [0.25, 0.3) is 5.91 Å². The minimum atomic E-state index is -0.272. The van der Waals surface area contributed by atoms with E-state index in [1.165, 1.54) is 23.5 Å². The summed E-state index contributed by atoms with van der Waals surface area (Å²) in [5.41, 5.74) is 3.00. The van der Waals surface area contributed by atoms with Gasteiger partial charge in [0.1, 0.15) is 18.2 Å². The molecule has 30 heavy (non-hydrogen) atoms. The van der Waals surface area contributed by atoms with Gasteiger partial charge in [-0.05, 0) is 53.8 Å². The molecule has 4 aromatic rings. The third-order valence-corrected chi connectivity index (χ3v) is 5.39.